The van der Waals surface area contributed by atoms with Gasteiger partial charge in [-0.15, -0.1) is 0 Å². The number of rotatable bonds is 10. The summed E-state index contributed by atoms with van der Waals surface area (Å²) < 4.78 is 65.1. The van der Waals surface area contributed by atoms with E-state index in [9.17, 15) is 16.8 Å². The Morgan fingerprint density at radius 2 is 0.896 bits per heavy atom. The van der Waals surface area contributed by atoms with Crippen LogP contribution < -0.4 is 8.37 Å². The molecule has 0 N–H and O–H groups in total. The summed E-state index contributed by atoms with van der Waals surface area (Å²) in [5, 5.41) is 7.04. The normalized spacial score (nSPS) is 12.2. The average molecular weight is 687 g/mol. The highest BCUT2D eigenvalue weighted by atomic mass is 32.2. The minimum Gasteiger partial charge on any atom is -0.379 e. The third-order valence-corrected chi connectivity index (χ3v) is 9.76. The summed E-state index contributed by atoms with van der Waals surface area (Å²) in [4.78, 5) is 4.83. The van der Waals surface area contributed by atoms with E-state index in [0.29, 0.717) is 0 Å². The van der Waals surface area contributed by atoms with Crippen LogP contribution >= 0.6 is 0 Å². The molecule has 248 valence electrons. The maximum atomic E-state index is 13.6. The smallest absolute Gasteiger partial charge is 0.339 e. The second-order valence-corrected chi connectivity index (χ2v) is 15.8. The lowest BCUT2D eigenvalue weighted by Crippen LogP contribution is -2.13. The van der Waals surface area contributed by atoms with E-state index in [4.69, 9.17) is 19.4 Å². The summed E-state index contributed by atoms with van der Waals surface area (Å²) in [6, 6.07) is 21.2. The van der Waals surface area contributed by atoms with Crippen LogP contribution in [0.4, 0.5) is 11.4 Å². The fourth-order valence-electron chi connectivity index (χ4n) is 4.53. The van der Waals surface area contributed by atoms with Crippen molar-refractivity contribution in [2.24, 2.45) is 10.2 Å². The van der Waals surface area contributed by atoms with E-state index in [1.54, 1.807) is 48.5 Å². The molecule has 0 aliphatic rings. The van der Waals surface area contributed by atoms with E-state index in [1.165, 1.54) is 36.4 Å². The molecular weight excluding hydrogens is 653 g/mol. The molecule has 4 aromatic rings. The van der Waals surface area contributed by atoms with Crippen LogP contribution in [0, 0.1) is 0 Å². The van der Waals surface area contributed by atoms with Crippen molar-refractivity contribution in [3.05, 3.63) is 128 Å². The van der Waals surface area contributed by atoms with Crippen LogP contribution in [0.2, 0.25) is 0 Å². The summed E-state index contributed by atoms with van der Waals surface area (Å²) in [7, 11) is -8.96. The van der Waals surface area contributed by atoms with Gasteiger partial charge in [0.25, 0.3) is 0 Å². The highest BCUT2D eigenvalue weighted by Crippen LogP contribution is 2.32. The first-order valence-electron chi connectivity index (χ1n) is 14.6. The predicted octanol–water partition coefficient (Wildman–Crippen LogP) is 9.87. The van der Waals surface area contributed by atoms with E-state index >= 15 is 0 Å². The molecule has 12 nitrogen and oxygen atoms in total. The highest BCUT2D eigenvalue weighted by molar-refractivity contribution is 7.87. The Labute approximate surface area is 280 Å². The van der Waals surface area contributed by atoms with Gasteiger partial charge in [-0.25, -0.2) is 0 Å². The van der Waals surface area contributed by atoms with Gasteiger partial charge >= 0.3 is 20.2 Å². The summed E-state index contributed by atoms with van der Waals surface area (Å²) in [6.07, 6.45) is 2.75. The Balaban J connectivity index is 1.75. The Hall–Kier alpha value is -5.26. The zero-order valence-corrected chi connectivity index (χ0v) is 28.8. The van der Waals surface area contributed by atoms with E-state index in [1.807, 2.05) is 41.5 Å². The first-order chi connectivity index (χ1) is 22.4. The quantitative estimate of drug-likeness (QED) is 0.0525. The molecule has 0 amide bonds. The maximum absolute atomic E-state index is 13.6. The Morgan fingerprint density at radius 3 is 1.19 bits per heavy atom. The molecule has 48 heavy (non-hydrogen) atoms. The largest absolute Gasteiger partial charge is 0.379 e. The van der Waals surface area contributed by atoms with Crippen molar-refractivity contribution in [2.45, 2.75) is 62.2 Å². The van der Waals surface area contributed by atoms with Gasteiger partial charge in [0.1, 0.15) is 21.3 Å². The molecule has 0 radical (unpaired) electrons. The van der Waals surface area contributed by atoms with Crippen molar-refractivity contribution in [1.82, 2.24) is 0 Å². The number of hydrogen-bond acceptors (Lipinski definition) is 8. The van der Waals surface area contributed by atoms with Crippen LogP contribution in [0.5, 0.6) is 11.5 Å². The molecule has 0 bridgehead atoms. The molecule has 14 heteroatoms. The molecule has 0 aliphatic heterocycles. The van der Waals surface area contributed by atoms with Crippen molar-refractivity contribution >= 4 is 43.8 Å². The molecular formula is C34H34N6O6S2. The third kappa shape index (κ3) is 8.75. The lowest BCUT2D eigenvalue weighted by Gasteiger charge is -2.19. The first kappa shape index (κ1) is 35.6. The van der Waals surface area contributed by atoms with Gasteiger partial charge in [0.2, 0.25) is 0 Å². The summed E-state index contributed by atoms with van der Waals surface area (Å²) in [5.74, 6) is 0.142. The van der Waals surface area contributed by atoms with Crippen LogP contribution in [-0.4, -0.2) is 16.8 Å². The van der Waals surface area contributed by atoms with Gasteiger partial charge in [0.15, 0.2) is 0 Å². The Kier molecular flexibility index (Phi) is 10.3. The van der Waals surface area contributed by atoms with Crippen LogP contribution in [0.15, 0.2) is 105 Å². The molecule has 0 saturated carbocycles. The van der Waals surface area contributed by atoms with Crippen LogP contribution in [0.1, 0.15) is 63.8 Å². The fourth-order valence-corrected chi connectivity index (χ4v) is 6.81. The molecule has 0 heterocycles. The van der Waals surface area contributed by atoms with Gasteiger partial charge in [0.05, 0.1) is 0 Å². The standard InChI is InChI=1S/C34H34N6O6S2/c1-33(2,3)25-11-17-29(18-12-25)45-47(41,42)31-21-27(37-39-35)15-9-23(31)7-8-24-10-16-28(38-40-36)22-32(24)48(43,44)46-30-19-13-26(14-20-30)34(4,5)6/h7-22H,1-6H3/b8-7+. The molecule has 0 aromatic heterocycles. The molecule has 0 unspecified atom stereocenters. The van der Waals surface area contributed by atoms with Gasteiger partial charge in [-0.1, -0.05) is 112 Å². The van der Waals surface area contributed by atoms with Gasteiger partial charge in [-0.2, -0.15) is 16.8 Å². The maximum Gasteiger partial charge on any atom is 0.339 e. The molecule has 0 atom stereocenters. The topological polar surface area (TPSA) is 184 Å². The van der Waals surface area contributed by atoms with Crippen LogP contribution in [-0.2, 0) is 31.1 Å². The first-order valence-corrected chi connectivity index (χ1v) is 17.4. The number of azide groups is 2. The van der Waals surface area contributed by atoms with Gasteiger partial charge in [-0.3, -0.25) is 0 Å². The van der Waals surface area contributed by atoms with E-state index < -0.39 is 20.2 Å². The third-order valence-electron chi connectivity index (χ3n) is 7.15. The van der Waals surface area contributed by atoms with E-state index in [0.717, 1.165) is 23.3 Å². The van der Waals surface area contributed by atoms with Crippen molar-refractivity contribution in [3.63, 3.8) is 0 Å². The summed E-state index contributed by atoms with van der Waals surface area (Å²) in [5.41, 5.74) is 19.8. The molecule has 0 spiro atoms. The van der Waals surface area contributed by atoms with Crippen molar-refractivity contribution < 1.29 is 25.2 Å². The average Bonchev–Trinajstić information content (AvgIpc) is 3.00. The second kappa shape index (κ2) is 13.8. The zero-order valence-electron chi connectivity index (χ0n) is 27.2. The van der Waals surface area contributed by atoms with Gasteiger partial charge < -0.3 is 8.37 Å². The molecule has 0 saturated heterocycles. The van der Waals surface area contributed by atoms with E-state index in [2.05, 4.69) is 20.1 Å². The van der Waals surface area contributed by atoms with E-state index in [-0.39, 0.29) is 54.6 Å². The number of nitrogens with zero attached hydrogens (tertiary/aromatic N) is 6. The van der Waals surface area contributed by atoms with Crippen molar-refractivity contribution in [2.75, 3.05) is 0 Å². The Bertz CT molecular complexity index is 2020. The predicted molar refractivity (Wildman–Crippen MR) is 185 cm³/mol. The number of hydrogen-bond donors (Lipinski definition) is 0. The summed E-state index contributed by atoms with van der Waals surface area (Å²) in [6.45, 7) is 12.1. The SMILES string of the molecule is CC(C)(C)c1ccc(OS(=O)(=O)c2cc(N=[N+]=[N-])ccc2/C=C/c2ccc(N=[N+]=[N-])cc2S(=O)(=O)Oc2ccc(C(C)(C)C)cc2)cc1. The zero-order chi connectivity index (χ0) is 35.3. The lowest BCUT2D eigenvalue weighted by molar-refractivity contribution is 0.483. The Morgan fingerprint density at radius 1 is 0.562 bits per heavy atom. The van der Waals surface area contributed by atoms with Crippen LogP contribution in [0.25, 0.3) is 33.0 Å². The molecule has 4 aromatic carbocycles. The van der Waals surface area contributed by atoms with Crippen molar-refractivity contribution in [3.8, 4) is 11.5 Å². The number of benzene rings is 4. The fraction of sp³-hybridized carbons (Fsp3) is 0.235. The van der Waals surface area contributed by atoms with Crippen LogP contribution in [0.3, 0.4) is 0 Å². The summed E-state index contributed by atoms with van der Waals surface area (Å²) >= 11 is 0. The lowest BCUT2D eigenvalue weighted by atomic mass is 9.87. The molecule has 4 rings (SSSR count). The minimum absolute atomic E-state index is 0.0211. The minimum atomic E-state index is -4.48. The highest BCUT2D eigenvalue weighted by Gasteiger charge is 2.24. The second-order valence-electron chi connectivity index (χ2n) is 12.8. The monoisotopic (exact) mass is 686 g/mol. The molecule has 0 fully saturated rings. The van der Waals surface area contributed by atoms with Crippen molar-refractivity contribution in [1.29, 1.82) is 0 Å². The van der Waals surface area contributed by atoms with Gasteiger partial charge in [0, 0.05) is 21.2 Å². The molecule has 0 aliphatic carbocycles. The van der Waals surface area contributed by atoms with Gasteiger partial charge in [-0.05, 0) is 80.5 Å².